The van der Waals surface area contributed by atoms with Crippen molar-refractivity contribution in [2.75, 3.05) is 18.6 Å². The average molecular weight is 551 g/mol. The van der Waals surface area contributed by atoms with E-state index in [9.17, 15) is 14.4 Å². The maximum atomic E-state index is 13.0. The molecule has 1 saturated heterocycles. The number of terminal acetylenes is 1. The Morgan fingerprint density at radius 3 is 2.65 bits per heavy atom. The Hall–Kier alpha value is -3.03. The van der Waals surface area contributed by atoms with Crippen LogP contribution in [-0.2, 0) is 9.59 Å². The molecule has 7 nitrogen and oxygen atoms in total. The van der Waals surface area contributed by atoms with Gasteiger partial charge in [-0.1, -0.05) is 23.6 Å². The summed E-state index contributed by atoms with van der Waals surface area (Å²) < 4.78 is 11.5. The molecule has 0 spiro atoms. The predicted molar refractivity (Wildman–Crippen MR) is 125 cm³/mol. The number of anilines is 1. The Bertz CT molecular complexity index is 1170. The maximum absolute atomic E-state index is 13.0. The number of halogens is 2. The van der Waals surface area contributed by atoms with Gasteiger partial charge in [-0.05, 0) is 71.0 Å². The third-order valence-corrected chi connectivity index (χ3v) is 5.59. The molecule has 2 aromatic carbocycles. The van der Waals surface area contributed by atoms with Gasteiger partial charge in [0, 0.05) is 5.02 Å². The van der Waals surface area contributed by atoms with E-state index in [0.29, 0.717) is 25.7 Å². The van der Waals surface area contributed by atoms with Gasteiger partial charge in [-0.2, -0.15) is 0 Å². The van der Waals surface area contributed by atoms with Crippen LogP contribution in [0.2, 0.25) is 5.02 Å². The van der Waals surface area contributed by atoms with Crippen molar-refractivity contribution in [3.63, 3.8) is 0 Å². The molecule has 0 unspecified atom stereocenters. The molecule has 9 heteroatoms. The largest absolute Gasteiger partial charge is 0.493 e. The molecule has 0 bridgehead atoms. The molecule has 31 heavy (non-hydrogen) atoms. The number of carbonyl (C=O) groups excluding carboxylic acids is 3. The van der Waals surface area contributed by atoms with E-state index in [4.69, 9.17) is 27.5 Å². The van der Waals surface area contributed by atoms with Gasteiger partial charge >= 0.3 is 6.03 Å². The summed E-state index contributed by atoms with van der Waals surface area (Å²) in [5.74, 6) is 1.65. The lowest BCUT2D eigenvalue weighted by Gasteiger charge is -2.26. The number of hydrogen-bond acceptors (Lipinski definition) is 5. The number of imide groups is 2. The molecule has 0 saturated carbocycles. The van der Waals surface area contributed by atoms with E-state index in [1.54, 1.807) is 31.2 Å². The third kappa shape index (κ3) is 4.68. The highest BCUT2D eigenvalue weighted by Gasteiger charge is 2.37. The van der Waals surface area contributed by atoms with Crippen LogP contribution < -0.4 is 19.7 Å². The standard InChI is InChI=1S/C22H16ClIN2O5/c1-4-7-31-19-17(24)9-13(10-18(19)30-3)8-15-20(27)25-22(29)26(21(15)28)14-6-5-12(2)16(23)11-14/h1,5-6,8-11H,7H2,2-3H3,(H,25,27,29)/b15-8-. The fraction of sp³-hybridized carbons (Fsp3) is 0.136. The maximum Gasteiger partial charge on any atom is 0.335 e. The molecular formula is C22H16ClIN2O5. The molecule has 1 N–H and O–H groups in total. The van der Waals surface area contributed by atoms with Gasteiger partial charge in [0.1, 0.15) is 12.2 Å². The summed E-state index contributed by atoms with van der Waals surface area (Å²) in [5.41, 5.74) is 1.33. The van der Waals surface area contributed by atoms with Crippen molar-refractivity contribution in [1.29, 1.82) is 0 Å². The minimum atomic E-state index is -0.850. The Kier molecular flexibility index (Phi) is 6.87. The van der Waals surface area contributed by atoms with E-state index in [2.05, 4.69) is 11.2 Å². The normalized spacial score (nSPS) is 15.0. The number of benzene rings is 2. The second kappa shape index (κ2) is 9.41. The van der Waals surface area contributed by atoms with Crippen molar-refractivity contribution >= 4 is 63.8 Å². The van der Waals surface area contributed by atoms with Crippen LogP contribution in [0.4, 0.5) is 10.5 Å². The van der Waals surface area contributed by atoms with Crippen molar-refractivity contribution < 1.29 is 23.9 Å². The Labute approximate surface area is 197 Å². The van der Waals surface area contributed by atoms with E-state index >= 15 is 0 Å². The van der Waals surface area contributed by atoms with Gasteiger partial charge in [0.05, 0.1) is 16.4 Å². The number of carbonyl (C=O) groups is 3. The zero-order valence-electron chi connectivity index (χ0n) is 16.5. The van der Waals surface area contributed by atoms with E-state index in [1.165, 1.54) is 19.3 Å². The van der Waals surface area contributed by atoms with Crippen LogP contribution in [0.15, 0.2) is 35.9 Å². The molecule has 0 atom stereocenters. The molecule has 3 rings (SSSR count). The first-order valence-corrected chi connectivity index (χ1v) is 10.3. The number of amides is 4. The van der Waals surface area contributed by atoms with Crippen molar-refractivity contribution in [2.45, 2.75) is 6.92 Å². The van der Waals surface area contributed by atoms with E-state index < -0.39 is 17.8 Å². The van der Waals surface area contributed by atoms with Crippen molar-refractivity contribution in [2.24, 2.45) is 0 Å². The number of nitrogens with one attached hydrogen (secondary N) is 1. The van der Waals surface area contributed by atoms with Crippen LogP contribution in [0.5, 0.6) is 11.5 Å². The lowest BCUT2D eigenvalue weighted by atomic mass is 10.1. The first-order valence-electron chi connectivity index (χ1n) is 8.88. The van der Waals surface area contributed by atoms with Crippen LogP contribution in [0.1, 0.15) is 11.1 Å². The zero-order valence-corrected chi connectivity index (χ0v) is 19.4. The lowest BCUT2D eigenvalue weighted by Crippen LogP contribution is -2.54. The fourth-order valence-electron chi connectivity index (χ4n) is 2.86. The van der Waals surface area contributed by atoms with Gasteiger partial charge < -0.3 is 9.47 Å². The number of urea groups is 1. The third-order valence-electron chi connectivity index (χ3n) is 4.38. The quantitative estimate of drug-likeness (QED) is 0.264. The number of aryl methyl sites for hydroxylation is 1. The topological polar surface area (TPSA) is 84.9 Å². The van der Waals surface area contributed by atoms with Gasteiger partial charge in [-0.15, -0.1) is 6.42 Å². The molecular weight excluding hydrogens is 535 g/mol. The summed E-state index contributed by atoms with van der Waals surface area (Å²) in [6.45, 7) is 1.86. The smallest absolute Gasteiger partial charge is 0.335 e. The average Bonchev–Trinajstić information content (AvgIpc) is 2.72. The van der Waals surface area contributed by atoms with E-state index in [-0.39, 0.29) is 17.9 Å². The van der Waals surface area contributed by atoms with Gasteiger partial charge in [-0.25, -0.2) is 9.69 Å². The van der Waals surface area contributed by atoms with Crippen molar-refractivity contribution in [3.8, 4) is 23.8 Å². The van der Waals surface area contributed by atoms with Crippen LogP contribution in [0.3, 0.4) is 0 Å². The number of ether oxygens (including phenoxy) is 2. The molecule has 2 aromatic rings. The Balaban J connectivity index is 2.03. The highest BCUT2D eigenvalue weighted by Crippen LogP contribution is 2.35. The predicted octanol–water partition coefficient (Wildman–Crippen LogP) is 3.94. The van der Waals surface area contributed by atoms with Crippen molar-refractivity contribution in [1.82, 2.24) is 5.32 Å². The zero-order chi connectivity index (χ0) is 22.7. The fourth-order valence-corrected chi connectivity index (χ4v) is 3.81. The summed E-state index contributed by atoms with van der Waals surface area (Å²) in [7, 11) is 1.46. The summed E-state index contributed by atoms with van der Waals surface area (Å²) in [4.78, 5) is 38.7. The van der Waals surface area contributed by atoms with Gasteiger partial charge in [0.25, 0.3) is 11.8 Å². The minimum absolute atomic E-state index is 0.0594. The molecule has 1 aliphatic heterocycles. The number of barbiturate groups is 1. The second-order valence-electron chi connectivity index (χ2n) is 6.42. The Morgan fingerprint density at radius 1 is 1.26 bits per heavy atom. The number of nitrogens with zero attached hydrogens (tertiary/aromatic N) is 1. The van der Waals surface area contributed by atoms with E-state index in [0.717, 1.165) is 10.5 Å². The molecule has 0 aromatic heterocycles. The molecule has 0 aliphatic carbocycles. The number of rotatable bonds is 5. The summed E-state index contributed by atoms with van der Waals surface area (Å²) in [5, 5.41) is 2.57. The first-order chi connectivity index (χ1) is 14.8. The summed E-state index contributed by atoms with van der Waals surface area (Å²) in [6.07, 6.45) is 6.62. The number of methoxy groups -OCH3 is 1. The first kappa shape index (κ1) is 22.7. The molecule has 1 heterocycles. The highest BCUT2D eigenvalue weighted by molar-refractivity contribution is 14.1. The van der Waals surface area contributed by atoms with Gasteiger partial charge in [0.15, 0.2) is 11.5 Å². The van der Waals surface area contributed by atoms with E-state index in [1.807, 2.05) is 22.6 Å². The van der Waals surface area contributed by atoms with Gasteiger partial charge in [-0.3, -0.25) is 14.9 Å². The highest BCUT2D eigenvalue weighted by atomic mass is 127. The minimum Gasteiger partial charge on any atom is -0.493 e. The monoisotopic (exact) mass is 550 g/mol. The molecule has 158 valence electrons. The van der Waals surface area contributed by atoms with Gasteiger partial charge in [0.2, 0.25) is 0 Å². The van der Waals surface area contributed by atoms with Crippen molar-refractivity contribution in [3.05, 3.63) is 55.6 Å². The summed E-state index contributed by atoms with van der Waals surface area (Å²) >= 11 is 8.17. The lowest BCUT2D eigenvalue weighted by molar-refractivity contribution is -0.122. The molecule has 0 radical (unpaired) electrons. The van der Waals surface area contributed by atoms with Crippen LogP contribution in [-0.4, -0.2) is 31.6 Å². The Morgan fingerprint density at radius 2 is 2.00 bits per heavy atom. The van der Waals surface area contributed by atoms with Crippen LogP contribution >= 0.6 is 34.2 Å². The number of hydrogen-bond donors (Lipinski definition) is 1. The molecule has 1 fully saturated rings. The molecule has 4 amide bonds. The SMILES string of the molecule is C#CCOc1c(I)cc(/C=C2/C(=O)NC(=O)N(c3ccc(C)c(Cl)c3)C2=O)cc1OC. The van der Waals surface area contributed by atoms with Crippen LogP contribution in [0, 0.1) is 22.8 Å². The summed E-state index contributed by atoms with van der Waals surface area (Å²) in [6, 6.07) is 7.20. The molecule has 1 aliphatic rings. The second-order valence-corrected chi connectivity index (χ2v) is 7.99. The van der Waals surface area contributed by atoms with Crippen LogP contribution in [0.25, 0.3) is 6.08 Å².